The Hall–Kier alpha value is -2.37. The van der Waals surface area contributed by atoms with Gasteiger partial charge in [-0.1, -0.05) is 37.5 Å². The number of H-pyrrole nitrogens is 1. The Morgan fingerprint density at radius 2 is 1.95 bits per heavy atom. The van der Waals surface area contributed by atoms with Crippen LogP contribution in [0.5, 0.6) is 0 Å². The topological polar surface area (TPSA) is 86.9 Å². The molecule has 1 aromatic carbocycles. The van der Waals surface area contributed by atoms with Gasteiger partial charge in [0.1, 0.15) is 0 Å². The number of aromatic amines is 1. The Labute approximate surface area is 128 Å². The Balaban J connectivity index is 1.54. The lowest BCUT2D eigenvalue weighted by Gasteiger charge is -2.22. The minimum Gasteiger partial charge on any atom is -0.352 e. The van der Waals surface area contributed by atoms with E-state index < -0.39 is 0 Å². The highest BCUT2D eigenvalue weighted by Crippen LogP contribution is 2.17. The molecule has 2 amide bonds. The summed E-state index contributed by atoms with van der Waals surface area (Å²) in [4.78, 5) is 24.0. The van der Waals surface area contributed by atoms with Crippen LogP contribution in [-0.2, 0) is 4.79 Å². The van der Waals surface area contributed by atoms with Crippen LogP contribution in [0.3, 0.4) is 0 Å². The molecule has 0 saturated heterocycles. The average Bonchev–Trinajstić information content (AvgIpc) is 2.98. The van der Waals surface area contributed by atoms with Gasteiger partial charge < -0.3 is 10.6 Å². The zero-order valence-electron chi connectivity index (χ0n) is 12.4. The van der Waals surface area contributed by atoms with Gasteiger partial charge in [-0.05, 0) is 18.9 Å². The summed E-state index contributed by atoms with van der Waals surface area (Å²) < 4.78 is 0. The molecular weight excluding hydrogens is 280 g/mol. The van der Waals surface area contributed by atoms with Crippen LogP contribution in [-0.4, -0.2) is 34.6 Å². The highest BCUT2D eigenvalue weighted by molar-refractivity contribution is 6.05. The zero-order valence-corrected chi connectivity index (χ0v) is 12.4. The summed E-state index contributed by atoms with van der Waals surface area (Å²) >= 11 is 0. The summed E-state index contributed by atoms with van der Waals surface area (Å²) in [5, 5.41) is 13.2. The molecule has 1 aromatic heterocycles. The van der Waals surface area contributed by atoms with Crippen molar-refractivity contribution in [2.45, 2.75) is 38.1 Å². The van der Waals surface area contributed by atoms with Gasteiger partial charge in [-0.25, -0.2) is 0 Å². The van der Waals surface area contributed by atoms with E-state index in [-0.39, 0.29) is 24.4 Å². The highest BCUT2D eigenvalue weighted by atomic mass is 16.2. The third-order valence-electron chi connectivity index (χ3n) is 4.07. The summed E-state index contributed by atoms with van der Waals surface area (Å²) in [7, 11) is 0. The average molecular weight is 300 g/mol. The van der Waals surface area contributed by atoms with E-state index in [1.807, 2.05) is 24.3 Å². The summed E-state index contributed by atoms with van der Waals surface area (Å²) in [6, 6.07) is 7.67. The quantitative estimate of drug-likeness (QED) is 0.804. The Morgan fingerprint density at radius 3 is 2.77 bits per heavy atom. The van der Waals surface area contributed by atoms with Crippen molar-refractivity contribution in [3.05, 3.63) is 30.0 Å². The van der Waals surface area contributed by atoms with E-state index in [2.05, 4.69) is 20.8 Å². The molecule has 22 heavy (non-hydrogen) atoms. The molecule has 116 valence electrons. The molecular formula is C16H20N4O2. The molecule has 1 heterocycles. The molecule has 1 aliphatic rings. The van der Waals surface area contributed by atoms with Crippen LogP contribution in [0.15, 0.2) is 24.3 Å². The summed E-state index contributed by atoms with van der Waals surface area (Å²) in [6.45, 7) is -0.0173. The number of amides is 2. The number of hydrogen-bond donors (Lipinski definition) is 3. The fraction of sp³-hybridized carbons (Fsp3) is 0.438. The van der Waals surface area contributed by atoms with E-state index in [1.54, 1.807) is 0 Å². The van der Waals surface area contributed by atoms with Crippen LogP contribution in [0.25, 0.3) is 10.9 Å². The van der Waals surface area contributed by atoms with E-state index >= 15 is 0 Å². The SMILES string of the molecule is O=C(CNC(=O)c1n[nH]c2ccccc12)NC1CCCCC1. The lowest BCUT2D eigenvalue weighted by atomic mass is 9.95. The van der Waals surface area contributed by atoms with Gasteiger partial charge in [0.2, 0.25) is 5.91 Å². The van der Waals surface area contributed by atoms with Gasteiger partial charge in [0.25, 0.3) is 5.91 Å². The fourth-order valence-electron chi connectivity index (χ4n) is 2.91. The number of benzene rings is 1. The van der Waals surface area contributed by atoms with Crippen LogP contribution in [0.2, 0.25) is 0 Å². The molecule has 3 N–H and O–H groups in total. The molecule has 1 fully saturated rings. The predicted octanol–water partition coefficient (Wildman–Crippen LogP) is 1.74. The van der Waals surface area contributed by atoms with Crippen LogP contribution in [0, 0.1) is 0 Å². The Bertz CT molecular complexity index is 674. The monoisotopic (exact) mass is 300 g/mol. The van der Waals surface area contributed by atoms with Crippen molar-refractivity contribution in [2.24, 2.45) is 0 Å². The first-order valence-corrected chi connectivity index (χ1v) is 7.75. The second-order valence-corrected chi connectivity index (χ2v) is 5.70. The largest absolute Gasteiger partial charge is 0.352 e. The maximum absolute atomic E-state index is 12.1. The van der Waals surface area contributed by atoms with Crippen LogP contribution in [0.4, 0.5) is 0 Å². The van der Waals surface area contributed by atoms with Gasteiger partial charge in [0.15, 0.2) is 5.69 Å². The first-order chi connectivity index (χ1) is 10.7. The van der Waals surface area contributed by atoms with E-state index in [9.17, 15) is 9.59 Å². The number of rotatable bonds is 4. The molecule has 0 aliphatic heterocycles. The number of hydrogen-bond acceptors (Lipinski definition) is 3. The number of fused-ring (bicyclic) bond motifs is 1. The maximum atomic E-state index is 12.1. The second-order valence-electron chi connectivity index (χ2n) is 5.70. The van der Waals surface area contributed by atoms with Crippen LogP contribution < -0.4 is 10.6 Å². The van der Waals surface area contributed by atoms with Gasteiger partial charge in [-0.2, -0.15) is 5.10 Å². The third-order valence-corrected chi connectivity index (χ3v) is 4.07. The zero-order chi connectivity index (χ0) is 15.4. The van der Waals surface area contributed by atoms with E-state index in [1.165, 1.54) is 6.42 Å². The van der Waals surface area contributed by atoms with E-state index in [0.717, 1.165) is 36.6 Å². The van der Waals surface area contributed by atoms with Gasteiger partial charge in [0.05, 0.1) is 12.1 Å². The molecule has 6 nitrogen and oxygen atoms in total. The first-order valence-electron chi connectivity index (χ1n) is 7.75. The van der Waals surface area contributed by atoms with E-state index in [0.29, 0.717) is 5.69 Å². The number of carbonyl (C=O) groups excluding carboxylic acids is 2. The van der Waals surface area contributed by atoms with Crippen molar-refractivity contribution in [3.63, 3.8) is 0 Å². The smallest absolute Gasteiger partial charge is 0.272 e. The number of carbonyl (C=O) groups is 2. The van der Waals surface area contributed by atoms with Crippen molar-refractivity contribution in [3.8, 4) is 0 Å². The van der Waals surface area contributed by atoms with Gasteiger partial charge in [0, 0.05) is 11.4 Å². The minimum absolute atomic E-state index is 0.0173. The van der Waals surface area contributed by atoms with Crippen molar-refractivity contribution < 1.29 is 9.59 Å². The Morgan fingerprint density at radius 1 is 1.18 bits per heavy atom. The molecule has 1 aliphatic carbocycles. The summed E-state index contributed by atoms with van der Waals surface area (Å²) in [6.07, 6.45) is 5.63. The molecule has 6 heteroatoms. The number of para-hydroxylation sites is 1. The van der Waals surface area contributed by atoms with Crippen molar-refractivity contribution in [1.82, 2.24) is 20.8 Å². The first kappa shape index (κ1) is 14.6. The summed E-state index contributed by atoms with van der Waals surface area (Å²) in [5.74, 6) is -0.476. The number of nitrogens with zero attached hydrogens (tertiary/aromatic N) is 1. The standard InChI is InChI=1S/C16H20N4O2/c21-14(18-11-6-2-1-3-7-11)10-17-16(22)15-12-8-4-5-9-13(12)19-20-15/h4-5,8-9,11H,1-3,6-7,10H2,(H,17,22)(H,18,21)(H,19,20). The summed E-state index contributed by atoms with van der Waals surface area (Å²) in [5.41, 5.74) is 1.13. The van der Waals surface area contributed by atoms with Crippen LogP contribution >= 0.6 is 0 Å². The maximum Gasteiger partial charge on any atom is 0.272 e. The minimum atomic E-state index is -0.337. The lowest BCUT2D eigenvalue weighted by Crippen LogP contribution is -2.42. The molecule has 0 atom stereocenters. The van der Waals surface area contributed by atoms with Crippen LogP contribution in [0.1, 0.15) is 42.6 Å². The van der Waals surface area contributed by atoms with Crippen molar-refractivity contribution in [1.29, 1.82) is 0 Å². The molecule has 1 saturated carbocycles. The molecule has 0 radical (unpaired) electrons. The Kier molecular flexibility index (Phi) is 4.37. The van der Waals surface area contributed by atoms with Crippen molar-refractivity contribution >= 4 is 22.7 Å². The fourth-order valence-corrected chi connectivity index (χ4v) is 2.91. The van der Waals surface area contributed by atoms with Gasteiger partial charge in [-0.3, -0.25) is 14.7 Å². The normalized spacial score (nSPS) is 15.6. The molecule has 2 aromatic rings. The molecule has 3 rings (SSSR count). The van der Waals surface area contributed by atoms with E-state index in [4.69, 9.17) is 0 Å². The predicted molar refractivity (Wildman–Crippen MR) is 83.4 cm³/mol. The number of nitrogens with one attached hydrogen (secondary N) is 3. The van der Waals surface area contributed by atoms with Gasteiger partial charge >= 0.3 is 0 Å². The number of aromatic nitrogens is 2. The lowest BCUT2D eigenvalue weighted by molar-refractivity contribution is -0.121. The molecule has 0 spiro atoms. The second kappa shape index (κ2) is 6.60. The third kappa shape index (κ3) is 3.27. The molecule has 0 bridgehead atoms. The molecule has 0 unspecified atom stereocenters. The van der Waals surface area contributed by atoms with Crippen molar-refractivity contribution in [2.75, 3.05) is 6.54 Å². The van der Waals surface area contributed by atoms with Gasteiger partial charge in [-0.15, -0.1) is 0 Å². The highest BCUT2D eigenvalue weighted by Gasteiger charge is 2.17.